The van der Waals surface area contributed by atoms with Crippen molar-refractivity contribution >= 4 is 11.9 Å². The van der Waals surface area contributed by atoms with Crippen LogP contribution in [-0.4, -0.2) is 5.78 Å². The smallest absolute Gasteiger partial charge is 0.162 e. The number of benzene rings is 1. The van der Waals surface area contributed by atoms with Gasteiger partial charge in [0.2, 0.25) is 0 Å². The van der Waals surface area contributed by atoms with E-state index in [1.54, 1.807) is 18.2 Å². The molecule has 0 aliphatic heterocycles. The van der Waals surface area contributed by atoms with E-state index < -0.39 is 5.82 Å². The summed E-state index contributed by atoms with van der Waals surface area (Å²) in [7, 11) is 0. The van der Waals surface area contributed by atoms with E-state index in [1.165, 1.54) is 19.1 Å². The second-order valence-corrected chi connectivity index (χ2v) is 3.06. The molecule has 0 spiro atoms. The minimum absolute atomic E-state index is 0.0779. The van der Waals surface area contributed by atoms with Crippen LogP contribution in [0.1, 0.15) is 29.3 Å². The Morgan fingerprint density at radius 1 is 1.60 bits per heavy atom. The van der Waals surface area contributed by atoms with Crippen LogP contribution < -0.4 is 0 Å². The van der Waals surface area contributed by atoms with Crippen molar-refractivity contribution in [1.82, 2.24) is 0 Å². The van der Waals surface area contributed by atoms with Crippen molar-refractivity contribution in [3.05, 3.63) is 41.2 Å². The molecule has 0 aromatic heterocycles. The molecule has 1 aromatic rings. The highest BCUT2D eigenvalue weighted by Gasteiger charge is 2.06. The molecule has 1 rings (SSSR count). The van der Waals surface area contributed by atoms with E-state index in [1.807, 2.05) is 6.07 Å². The van der Waals surface area contributed by atoms with Crippen LogP contribution >= 0.6 is 0 Å². The van der Waals surface area contributed by atoms with Gasteiger partial charge in [-0.2, -0.15) is 5.26 Å². The maximum atomic E-state index is 13.1. The standard InChI is InChI=1S/C12H10FNO/c1-9(15)11-8-10(4-2-3-7-14)5-6-12(11)13/h2,4-6,8H,3H2,1H3. The van der Waals surface area contributed by atoms with Gasteiger partial charge in [0, 0.05) is 0 Å². The lowest BCUT2D eigenvalue weighted by Crippen LogP contribution is -1.96. The van der Waals surface area contributed by atoms with Gasteiger partial charge in [-0.3, -0.25) is 4.79 Å². The highest BCUT2D eigenvalue weighted by Crippen LogP contribution is 2.12. The van der Waals surface area contributed by atoms with Crippen LogP contribution in [0.4, 0.5) is 4.39 Å². The van der Waals surface area contributed by atoms with E-state index in [9.17, 15) is 9.18 Å². The average Bonchev–Trinajstić information content (AvgIpc) is 2.20. The third kappa shape index (κ3) is 3.03. The lowest BCUT2D eigenvalue weighted by atomic mass is 10.1. The zero-order valence-corrected chi connectivity index (χ0v) is 8.33. The average molecular weight is 203 g/mol. The summed E-state index contributed by atoms with van der Waals surface area (Å²) in [6, 6.07) is 6.25. The molecule has 0 unspecified atom stereocenters. The van der Waals surface area contributed by atoms with Crippen LogP contribution in [0.5, 0.6) is 0 Å². The van der Waals surface area contributed by atoms with Gasteiger partial charge in [0.15, 0.2) is 5.78 Å². The van der Waals surface area contributed by atoms with Crippen molar-refractivity contribution < 1.29 is 9.18 Å². The molecule has 1 aromatic carbocycles. The number of carbonyl (C=O) groups excluding carboxylic acids is 1. The van der Waals surface area contributed by atoms with Gasteiger partial charge in [0.05, 0.1) is 18.1 Å². The number of halogens is 1. The number of rotatable bonds is 3. The number of nitrogens with zero attached hydrogens (tertiary/aromatic N) is 1. The molecular formula is C12H10FNO. The molecule has 0 bridgehead atoms. The molecular weight excluding hydrogens is 193 g/mol. The number of ketones is 1. The zero-order valence-electron chi connectivity index (χ0n) is 8.33. The van der Waals surface area contributed by atoms with Gasteiger partial charge in [-0.25, -0.2) is 4.39 Å². The van der Waals surface area contributed by atoms with Crippen molar-refractivity contribution in [2.75, 3.05) is 0 Å². The second kappa shape index (κ2) is 5.06. The molecule has 0 atom stereocenters. The Kier molecular flexibility index (Phi) is 3.75. The fraction of sp³-hybridized carbons (Fsp3) is 0.167. The van der Waals surface area contributed by atoms with Crippen molar-refractivity contribution in [3.8, 4) is 6.07 Å². The van der Waals surface area contributed by atoms with Crippen LogP contribution in [0.25, 0.3) is 6.08 Å². The molecule has 2 nitrogen and oxygen atoms in total. The Hall–Kier alpha value is -1.95. The van der Waals surface area contributed by atoms with Crippen LogP contribution in [0.2, 0.25) is 0 Å². The zero-order chi connectivity index (χ0) is 11.3. The van der Waals surface area contributed by atoms with Crippen LogP contribution in [0, 0.1) is 17.1 Å². The molecule has 0 radical (unpaired) electrons. The number of hydrogen-bond acceptors (Lipinski definition) is 2. The summed E-state index contributed by atoms with van der Waals surface area (Å²) in [5.74, 6) is -0.817. The summed E-state index contributed by atoms with van der Waals surface area (Å²) in [6.07, 6.45) is 3.65. The first-order chi connectivity index (χ1) is 7.15. The summed E-state index contributed by atoms with van der Waals surface area (Å²) >= 11 is 0. The minimum Gasteiger partial charge on any atom is -0.294 e. The molecule has 76 valence electrons. The highest BCUT2D eigenvalue weighted by atomic mass is 19.1. The molecule has 0 saturated heterocycles. The molecule has 0 aliphatic rings. The van der Waals surface area contributed by atoms with Gasteiger partial charge < -0.3 is 0 Å². The number of hydrogen-bond donors (Lipinski definition) is 0. The Morgan fingerprint density at radius 2 is 2.33 bits per heavy atom. The van der Waals surface area contributed by atoms with Gasteiger partial charge in [0.1, 0.15) is 5.82 Å². The van der Waals surface area contributed by atoms with Gasteiger partial charge in [0.25, 0.3) is 0 Å². The Balaban J connectivity index is 2.98. The first-order valence-electron chi connectivity index (χ1n) is 4.49. The Morgan fingerprint density at radius 3 is 2.93 bits per heavy atom. The molecule has 0 fully saturated rings. The number of Topliss-reactive ketones (excluding diaryl/α,β-unsaturated/α-hetero) is 1. The van der Waals surface area contributed by atoms with E-state index in [2.05, 4.69) is 0 Å². The third-order valence-corrected chi connectivity index (χ3v) is 1.89. The first kappa shape index (κ1) is 11.1. The van der Waals surface area contributed by atoms with E-state index in [0.29, 0.717) is 6.42 Å². The van der Waals surface area contributed by atoms with Gasteiger partial charge in [-0.15, -0.1) is 0 Å². The third-order valence-electron chi connectivity index (χ3n) is 1.89. The molecule has 3 heteroatoms. The van der Waals surface area contributed by atoms with Crippen LogP contribution in [0.15, 0.2) is 24.3 Å². The summed E-state index contributed by atoms with van der Waals surface area (Å²) in [5.41, 5.74) is 0.797. The quantitative estimate of drug-likeness (QED) is 0.708. The number of allylic oxidation sites excluding steroid dienone is 1. The molecule has 0 heterocycles. The Labute approximate surface area is 87.7 Å². The summed E-state index contributed by atoms with van der Waals surface area (Å²) in [6.45, 7) is 1.32. The largest absolute Gasteiger partial charge is 0.294 e. The van der Waals surface area contributed by atoms with E-state index in [0.717, 1.165) is 5.56 Å². The molecule has 0 aliphatic carbocycles. The van der Waals surface area contributed by atoms with Crippen LogP contribution in [0.3, 0.4) is 0 Å². The maximum absolute atomic E-state index is 13.1. The van der Waals surface area contributed by atoms with Crippen molar-refractivity contribution in [2.45, 2.75) is 13.3 Å². The molecule has 0 saturated carbocycles. The predicted molar refractivity (Wildman–Crippen MR) is 55.7 cm³/mol. The fourth-order valence-electron chi connectivity index (χ4n) is 1.16. The summed E-state index contributed by atoms with van der Waals surface area (Å²) < 4.78 is 13.1. The highest BCUT2D eigenvalue weighted by molar-refractivity contribution is 5.94. The monoisotopic (exact) mass is 203 g/mol. The molecule has 0 amide bonds. The number of carbonyl (C=O) groups is 1. The van der Waals surface area contributed by atoms with E-state index in [-0.39, 0.29) is 11.3 Å². The predicted octanol–water partition coefficient (Wildman–Crippen LogP) is 2.96. The lowest BCUT2D eigenvalue weighted by molar-refractivity contribution is 0.101. The van der Waals surface area contributed by atoms with Crippen molar-refractivity contribution in [1.29, 1.82) is 5.26 Å². The minimum atomic E-state index is -0.514. The van der Waals surface area contributed by atoms with Crippen LogP contribution in [-0.2, 0) is 0 Å². The Bertz CT molecular complexity index is 443. The summed E-state index contributed by atoms with van der Waals surface area (Å²) in [5, 5.41) is 8.32. The second-order valence-electron chi connectivity index (χ2n) is 3.06. The molecule has 0 N–H and O–H groups in total. The molecule has 15 heavy (non-hydrogen) atoms. The number of nitriles is 1. The van der Waals surface area contributed by atoms with Crippen molar-refractivity contribution in [3.63, 3.8) is 0 Å². The first-order valence-corrected chi connectivity index (χ1v) is 4.49. The van der Waals surface area contributed by atoms with E-state index >= 15 is 0 Å². The summed E-state index contributed by atoms with van der Waals surface area (Å²) in [4.78, 5) is 11.0. The van der Waals surface area contributed by atoms with E-state index in [4.69, 9.17) is 5.26 Å². The van der Waals surface area contributed by atoms with Gasteiger partial charge >= 0.3 is 0 Å². The topological polar surface area (TPSA) is 40.9 Å². The maximum Gasteiger partial charge on any atom is 0.162 e. The van der Waals surface area contributed by atoms with Gasteiger partial charge in [-0.05, 0) is 24.6 Å². The van der Waals surface area contributed by atoms with Gasteiger partial charge in [-0.1, -0.05) is 18.2 Å². The fourth-order valence-corrected chi connectivity index (χ4v) is 1.16. The van der Waals surface area contributed by atoms with Crippen molar-refractivity contribution in [2.24, 2.45) is 0 Å². The normalized spacial score (nSPS) is 10.2. The SMILES string of the molecule is CC(=O)c1cc(C=CCC#N)ccc1F. The lowest BCUT2D eigenvalue weighted by Gasteiger charge is -1.99.